The van der Waals surface area contributed by atoms with Crippen LogP contribution in [0.5, 0.6) is 17.2 Å². The Morgan fingerprint density at radius 1 is 1.28 bits per heavy atom. The molecule has 3 rings (SSSR count). The molecule has 0 aromatic heterocycles. The molecule has 6 nitrogen and oxygen atoms in total. The molecular formula is C12H16N2O4. The molecular weight excluding hydrogens is 236 g/mol. The topological polar surface area (TPSA) is 74.2 Å². The minimum absolute atomic E-state index is 0.0789. The zero-order valence-corrected chi connectivity index (χ0v) is 9.93. The van der Waals surface area contributed by atoms with Crippen molar-refractivity contribution < 1.29 is 19.7 Å². The molecule has 0 amide bonds. The highest BCUT2D eigenvalue weighted by Gasteiger charge is 2.27. The van der Waals surface area contributed by atoms with Crippen molar-refractivity contribution in [3.8, 4) is 17.2 Å². The molecule has 0 bridgehead atoms. The van der Waals surface area contributed by atoms with Crippen LogP contribution in [0.4, 0.5) is 5.69 Å². The van der Waals surface area contributed by atoms with Gasteiger partial charge in [-0.05, 0) is 12.1 Å². The lowest BCUT2D eigenvalue weighted by atomic mass is 10.2. The van der Waals surface area contributed by atoms with Crippen LogP contribution in [0.3, 0.4) is 0 Å². The number of benzene rings is 1. The third-order valence-corrected chi connectivity index (χ3v) is 3.14. The second-order valence-corrected chi connectivity index (χ2v) is 4.38. The fourth-order valence-corrected chi connectivity index (χ4v) is 2.30. The summed E-state index contributed by atoms with van der Waals surface area (Å²) >= 11 is 0. The highest BCUT2D eigenvalue weighted by Crippen LogP contribution is 2.46. The predicted molar refractivity (Wildman–Crippen MR) is 65.3 cm³/mol. The van der Waals surface area contributed by atoms with Crippen molar-refractivity contribution in [3.63, 3.8) is 0 Å². The second-order valence-electron chi connectivity index (χ2n) is 4.38. The molecule has 1 unspecified atom stereocenters. The van der Waals surface area contributed by atoms with Crippen molar-refractivity contribution in [2.24, 2.45) is 0 Å². The monoisotopic (exact) mass is 252 g/mol. The molecule has 3 N–H and O–H groups in total. The Balaban J connectivity index is 1.99. The van der Waals surface area contributed by atoms with E-state index in [0.717, 1.165) is 26.2 Å². The summed E-state index contributed by atoms with van der Waals surface area (Å²) in [5.41, 5.74) is 0.654. The number of phenols is 1. The first-order valence-electron chi connectivity index (χ1n) is 6.05. The van der Waals surface area contributed by atoms with Gasteiger partial charge in [-0.15, -0.1) is 0 Å². The number of anilines is 1. The molecule has 1 aromatic carbocycles. The van der Waals surface area contributed by atoms with Gasteiger partial charge in [0.05, 0.1) is 0 Å². The lowest BCUT2D eigenvalue weighted by Gasteiger charge is -2.33. The number of nitrogens with zero attached hydrogens (tertiary/aromatic N) is 1. The molecule has 2 aliphatic rings. The van der Waals surface area contributed by atoms with Crippen LogP contribution >= 0.6 is 0 Å². The molecule has 18 heavy (non-hydrogen) atoms. The number of phenolic OH excluding ortho intramolecular Hbond substituents is 1. The van der Waals surface area contributed by atoms with E-state index >= 15 is 0 Å². The van der Waals surface area contributed by atoms with Gasteiger partial charge in [-0.1, -0.05) is 0 Å². The first kappa shape index (κ1) is 11.4. The maximum atomic E-state index is 10.0. The minimum Gasteiger partial charge on any atom is -0.506 e. The van der Waals surface area contributed by atoms with Crippen LogP contribution in [0.25, 0.3) is 0 Å². The van der Waals surface area contributed by atoms with E-state index in [-0.39, 0.29) is 12.4 Å². The Morgan fingerprint density at radius 3 is 2.83 bits per heavy atom. The zero-order valence-electron chi connectivity index (χ0n) is 9.93. The third-order valence-electron chi connectivity index (χ3n) is 3.14. The van der Waals surface area contributed by atoms with E-state index in [0.29, 0.717) is 17.2 Å². The van der Waals surface area contributed by atoms with Crippen LogP contribution in [-0.4, -0.2) is 49.3 Å². The van der Waals surface area contributed by atoms with Crippen LogP contribution in [0.2, 0.25) is 0 Å². The molecule has 0 saturated carbocycles. The number of piperazine rings is 1. The number of nitrogens with one attached hydrogen (secondary N) is 1. The van der Waals surface area contributed by atoms with Gasteiger partial charge in [-0.25, -0.2) is 0 Å². The third kappa shape index (κ3) is 1.93. The van der Waals surface area contributed by atoms with Crippen LogP contribution < -0.4 is 19.7 Å². The van der Waals surface area contributed by atoms with Crippen LogP contribution in [-0.2, 0) is 0 Å². The molecule has 0 radical (unpaired) electrons. The smallest absolute Gasteiger partial charge is 0.232 e. The van der Waals surface area contributed by atoms with E-state index in [1.807, 2.05) is 0 Å². The summed E-state index contributed by atoms with van der Waals surface area (Å²) in [7, 11) is 0. The van der Waals surface area contributed by atoms with E-state index in [2.05, 4.69) is 10.2 Å². The van der Waals surface area contributed by atoms with Gasteiger partial charge in [0.1, 0.15) is 11.4 Å². The van der Waals surface area contributed by atoms with Gasteiger partial charge in [0.25, 0.3) is 0 Å². The van der Waals surface area contributed by atoms with E-state index in [9.17, 15) is 10.2 Å². The summed E-state index contributed by atoms with van der Waals surface area (Å²) in [5, 5.41) is 22.7. The maximum absolute atomic E-state index is 10.0. The molecule has 2 heterocycles. The lowest BCUT2D eigenvalue weighted by molar-refractivity contribution is -0.0668. The first-order chi connectivity index (χ1) is 8.75. The van der Waals surface area contributed by atoms with Crippen molar-refractivity contribution in [2.75, 3.05) is 37.7 Å². The largest absolute Gasteiger partial charge is 0.506 e. The van der Waals surface area contributed by atoms with Crippen molar-refractivity contribution in [1.29, 1.82) is 0 Å². The Hall–Kier alpha value is -1.66. The highest BCUT2D eigenvalue weighted by atomic mass is 16.7. The Labute approximate surface area is 105 Å². The molecule has 0 spiro atoms. The summed E-state index contributed by atoms with van der Waals surface area (Å²) in [6, 6.07) is 3.18. The van der Waals surface area contributed by atoms with Crippen molar-refractivity contribution in [3.05, 3.63) is 12.1 Å². The number of fused-ring (bicyclic) bond motifs is 1. The molecule has 1 aromatic rings. The Bertz CT molecular complexity index is 446. The normalized spacial score (nSPS) is 22.9. The molecule has 2 aliphatic heterocycles. The number of hydrogen-bond donors (Lipinski definition) is 3. The van der Waals surface area contributed by atoms with Crippen LogP contribution in [0, 0.1) is 0 Å². The fourth-order valence-electron chi connectivity index (χ4n) is 2.30. The van der Waals surface area contributed by atoms with Gasteiger partial charge in [-0.3, -0.25) is 0 Å². The summed E-state index contributed by atoms with van der Waals surface area (Å²) in [4.78, 5) is 2.06. The molecule has 1 saturated heterocycles. The SMILES string of the molecule is Oc1ccc2c(c1N1CCNCC1)OCC(O)O2. The van der Waals surface area contributed by atoms with Gasteiger partial charge in [0.2, 0.25) is 6.29 Å². The van der Waals surface area contributed by atoms with Gasteiger partial charge in [-0.2, -0.15) is 0 Å². The summed E-state index contributed by atoms with van der Waals surface area (Å²) in [6.45, 7) is 3.42. The van der Waals surface area contributed by atoms with E-state index in [4.69, 9.17) is 9.47 Å². The molecule has 98 valence electrons. The van der Waals surface area contributed by atoms with Crippen LogP contribution in [0.15, 0.2) is 12.1 Å². The predicted octanol–water partition coefficient (Wildman–Crippen LogP) is -0.109. The summed E-state index contributed by atoms with van der Waals surface area (Å²) < 4.78 is 10.8. The van der Waals surface area contributed by atoms with Gasteiger partial charge < -0.3 is 29.9 Å². The second kappa shape index (κ2) is 4.55. The number of rotatable bonds is 1. The van der Waals surface area contributed by atoms with Crippen molar-refractivity contribution >= 4 is 5.69 Å². The summed E-state index contributed by atoms with van der Waals surface area (Å²) in [5.74, 6) is 1.16. The van der Waals surface area contributed by atoms with Gasteiger partial charge >= 0.3 is 0 Å². The molecule has 6 heteroatoms. The zero-order chi connectivity index (χ0) is 12.5. The maximum Gasteiger partial charge on any atom is 0.232 e. The van der Waals surface area contributed by atoms with E-state index in [1.165, 1.54) is 0 Å². The fraction of sp³-hybridized carbons (Fsp3) is 0.500. The molecule has 1 atom stereocenters. The van der Waals surface area contributed by atoms with E-state index in [1.54, 1.807) is 12.1 Å². The quantitative estimate of drug-likeness (QED) is 0.647. The number of aliphatic hydroxyl groups is 1. The Kier molecular flexibility index (Phi) is 2.89. The number of aromatic hydroxyl groups is 1. The van der Waals surface area contributed by atoms with Gasteiger partial charge in [0.15, 0.2) is 18.1 Å². The average Bonchev–Trinajstić information content (AvgIpc) is 2.40. The lowest BCUT2D eigenvalue weighted by Crippen LogP contribution is -2.44. The van der Waals surface area contributed by atoms with Gasteiger partial charge in [0, 0.05) is 26.2 Å². The number of hydrogen-bond acceptors (Lipinski definition) is 6. The Morgan fingerprint density at radius 2 is 2.06 bits per heavy atom. The van der Waals surface area contributed by atoms with Crippen LogP contribution in [0.1, 0.15) is 0 Å². The van der Waals surface area contributed by atoms with E-state index < -0.39 is 6.29 Å². The molecule has 1 fully saturated rings. The number of aliphatic hydroxyl groups excluding tert-OH is 1. The first-order valence-corrected chi connectivity index (χ1v) is 6.05. The molecule has 0 aliphatic carbocycles. The standard InChI is InChI=1S/C12H16N2O4/c15-8-1-2-9-12(17-7-10(16)18-9)11(8)14-5-3-13-4-6-14/h1-2,10,13,15-16H,3-7H2. The summed E-state index contributed by atoms with van der Waals surface area (Å²) in [6.07, 6.45) is -0.946. The highest BCUT2D eigenvalue weighted by molar-refractivity contribution is 5.72. The minimum atomic E-state index is -0.946. The average molecular weight is 252 g/mol. The van der Waals surface area contributed by atoms with Crippen molar-refractivity contribution in [2.45, 2.75) is 6.29 Å². The number of ether oxygens (including phenoxy) is 2. The van der Waals surface area contributed by atoms with Crippen molar-refractivity contribution in [1.82, 2.24) is 5.32 Å².